The molecule has 3 fully saturated rings. The van der Waals surface area contributed by atoms with E-state index in [0.29, 0.717) is 11.3 Å². The number of aliphatic hydroxyl groups is 1. The summed E-state index contributed by atoms with van der Waals surface area (Å²) in [4.78, 5) is 9.85. The molecule has 5 nitrogen and oxygen atoms in total. The van der Waals surface area contributed by atoms with Gasteiger partial charge in [-0.25, -0.2) is 4.98 Å². The summed E-state index contributed by atoms with van der Waals surface area (Å²) >= 11 is 0. The Morgan fingerprint density at radius 1 is 0.875 bits per heavy atom. The highest BCUT2D eigenvalue weighted by molar-refractivity contribution is 5.73. The number of piperazine rings is 1. The van der Waals surface area contributed by atoms with Gasteiger partial charge in [0.25, 0.3) is 0 Å². The number of hydrogen-bond donors (Lipinski definition) is 1. The molecular formula is C35H45N3O2. The van der Waals surface area contributed by atoms with Gasteiger partial charge in [0.2, 0.25) is 0 Å². The monoisotopic (exact) mass is 539 g/mol. The number of pyridine rings is 1. The zero-order chi connectivity index (χ0) is 27.5. The van der Waals surface area contributed by atoms with Crippen LogP contribution in [0.3, 0.4) is 0 Å². The van der Waals surface area contributed by atoms with Gasteiger partial charge < -0.3 is 19.6 Å². The van der Waals surface area contributed by atoms with Gasteiger partial charge in [-0.1, -0.05) is 43.7 Å². The first-order chi connectivity index (χ1) is 19.4. The number of fused-ring (bicyclic) bond motifs is 5. The molecule has 5 heteroatoms. The fraction of sp³-hybridized carbons (Fsp3) is 0.571. The summed E-state index contributed by atoms with van der Waals surface area (Å²) in [7, 11) is 1.75. The predicted molar refractivity (Wildman–Crippen MR) is 163 cm³/mol. The molecule has 1 saturated heterocycles. The molecule has 0 spiro atoms. The number of aliphatic hydroxyl groups excluding tert-OH is 1. The third kappa shape index (κ3) is 4.10. The van der Waals surface area contributed by atoms with Gasteiger partial charge in [-0.2, -0.15) is 0 Å². The summed E-state index contributed by atoms with van der Waals surface area (Å²) in [5, 5.41) is 10.3. The molecule has 0 bridgehead atoms. The van der Waals surface area contributed by atoms with Gasteiger partial charge >= 0.3 is 0 Å². The molecule has 1 aromatic carbocycles. The number of benzene rings is 1. The van der Waals surface area contributed by atoms with Crippen LogP contribution >= 0.6 is 0 Å². The van der Waals surface area contributed by atoms with Crippen molar-refractivity contribution < 1.29 is 9.84 Å². The van der Waals surface area contributed by atoms with Crippen LogP contribution in [0, 0.1) is 28.6 Å². The number of hydrogen-bond acceptors (Lipinski definition) is 5. The number of ether oxygens (including phenoxy) is 1. The smallest absolute Gasteiger partial charge is 0.142 e. The molecule has 6 atom stereocenters. The number of aromatic nitrogens is 1. The normalized spacial score (nSPS) is 35.3. The number of nitrogens with zero attached hydrogens (tertiary/aromatic N) is 3. The lowest BCUT2D eigenvalue weighted by atomic mass is 9.47. The minimum atomic E-state index is -0.129. The maximum Gasteiger partial charge on any atom is 0.142 e. The van der Waals surface area contributed by atoms with Gasteiger partial charge in [-0.3, -0.25) is 0 Å². The number of methoxy groups -OCH3 is 1. The summed E-state index contributed by atoms with van der Waals surface area (Å²) in [5.74, 6) is 4.26. The van der Waals surface area contributed by atoms with Crippen LogP contribution in [0.1, 0.15) is 64.4 Å². The highest BCUT2D eigenvalue weighted by Crippen LogP contribution is 2.66. The average Bonchev–Trinajstić information content (AvgIpc) is 3.35. The van der Waals surface area contributed by atoms with Crippen LogP contribution in [0.2, 0.25) is 0 Å². The zero-order valence-corrected chi connectivity index (χ0v) is 24.5. The summed E-state index contributed by atoms with van der Waals surface area (Å²) in [6.45, 7) is 8.91. The molecule has 2 heterocycles. The number of anilines is 2. The molecule has 2 aromatic rings. The maximum atomic E-state index is 10.3. The van der Waals surface area contributed by atoms with Crippen molar-refractivity contribution in [1.82, 2.24) is 4.98 Å². The summed E-state index contributed by atoms with van der Waals surface area (Å²) in [5.41, 5.74) is 6.13. The molecular weight excluding hydrogens is 494 g/mol. The van der Waals surface area contributed by atoms with Crippen molar-refractivity contribution in [1.29, 1.82) is 0 Å². The lowest BCUT2D eigenvalue weighted by Crippen LogP contribution is -2.49. The third-order valence-corrected chi connectivity index (χ3v) is 11.7. The Morgan fingerprint density at radius 2 is 1.65 bits per heavy atom. The number of rotatable bonds is 4. The molecule has 1 aromatic heterocycles. The fourth-order valence-electron chi connectivity index (χ4n) is 9.46. The molecule has 0 radical (unpaired) electrons. The minimum Gasteiger partial charge on any atom is -0.495 e. The van der Waals surface area contributed by atoms with E-state index in [-0.39, 0.29) is 11.5 Å². The van der Waals surface area contributed by atoms with E-state index in [1.165, 1.54) is 42.5 Å². The Kier molecular flexibility index (Phi) is 6.49. The van der Waals surface area contributed by atoms with E-state index < -0.39 is 0 Å². The van der Waals surface area contributed by atoms with Crippen LogP contribution in [0.4, 0.5) is 11.5 Å². The maximum absolute atomic E-state index is 10.3. The SMILES string of the molecule is COc1ccccc1N1CCN(c2ccc(C3=CC[C@H]4[C@@H]5CC=C6C[C@@H](O)CC[C@]6(C)[C@H]5CC[C@]34C)cn2)CC1. The van der Waals surface area contributed by atoms with Gasteiger partial charge in [0.1, 0.15) is 11.6 Å². The Labute approximate surface area is 239 Å². The Morgan fingerprint density at radius 3 is 2.42 bits per heavy atom. The van der Waals surface area contributed by atoms with E-state index in [9.17, 15) is 5.11 Å². The highest BCUT2D eigenvalue weighted by Gasteiger charge is 2.56. The molecule has 1 N–H and O–H groups in total. The van der Waals surface area contributed by atoms with Crippen molar-refractivity contribution in [2.75, 3.05) is 43.1 Å². The van der Waals surface area contributed by atoms with Crippen LogP contribution in [-0.4, -0.2) is 49.5 Å². The second-order valence-electron chi connectivity index (χ2n) is 13.5. The lowest BCUT2D eigenvalue weighted by Gasteiger charge is -2.57. The van der Waals surface area contributed by atoms with Crippen LogP contribution < -0.4 is 14.5 Å². The number of allylic oxidation sites excluding steroid dienone is 3. The average molecular weight is 540 g/mol. The van der Waals surface area contributed by atoms with Crippen molar-refractivity contribution in [3.05, 3.63) is 65.9 Å². The van der Waals surface area contributed by atoms with Gasteiger partial charge in [0.05, 0.1) is 18.9 Å². The summed E-state index contributed by atoms with van der Waals surface area (Å²) < 4.78 is 5.59. The van der Waals surface area contributed by atoms with Crippen molar-refractivity contribution in [2.24, 2.45) is 28.6 Å². The van der Waals surface area contributed by atoms with E-state index in [1.54, 1.807) is 12.7 Å². The second kappa shape index (κ2) is 9.94. The van der Waals surface area contributed by atoms with Crippen molar-refractivity contribution in [3.8, 4) is 5.75 Å². The van der Waals surface area contributed by atoms with Crippen molar-refractivity contribution in [2.45, 2.75) is 64.9 Å². The molecule has 2 saturated carbocycles. The first-order valence-electron chi connectivity index (χ1n) is 15.6. The summed E-state index contributed by atoms with van der Waals surface area (Å²) in [6.07, 6.45) is 15.1. The molecule has 0 unspecified atom stereocenters. The largest absolute Gasteiger partial charge is 0.495 e. The molecule has 1 aliphatic heterocycles. The van der Waals surface area contributed by atoms with Crippen LogP contribution in [0.25, 0.3) is 5.57 Å². The van der Waals surface area contributed by atoms with Crippen LogP contribution in [0.5, 0.6) is 5.75 Å². The Bertz CT molecular complexity index is 1310. The van der Waals surface area contributed by atoms with E-state index in [2.05, 4.69) is 66.3 Å². The van der Waals surface area contributed by atoms with Gasteiger partial charge in [0, 0.05) is 32.4 Å². The standard InChI is InChI=1S/C35H45N3O2/c1-34-16-14-26(39)22-25(34)9-10-27-29-12-11-28(35(29,2)17-15-30(27)34)24-8-13-33(36-23-24)38-20-18-37(19-21-38)31-6-4-5-7-32(31)40-3/h4-9,11,13,23,26-27,29-30,39H,10,12,14-22H2,1-3H3/t26-,27-,29-,30-,34-,35+/m0/s1. The number of para-hydroxylation sites is 2. The molecule has 4 aliphatic carbocycles. The Balaban J connectivity index is 1.04. The quantitative estimate of drug-likeness (QED) is 0.437. The van der Waals surface area contributed by atoms with E-state index in [4.69, 9.17) is 9.72 Å². The minimum absolute atomic E-state index is 0.129. The molecule has 5 aliphatic rings. The van der Waals surface area contributed by atoms with Crippen LogP contribution in [-0.2, 0) is 0 Å². The molecule has 40 heavy (non-hydrogen) atoms. The first kappa shape index (κ1) is 26.1. The lowest BCUT2D eigenvalue weighted by molar-refractivity contribution is -0.0238. The van der Waals surface area contributed by atoms with Crippen molar-refractivity contribution >= 4 is 17.1 Å². The van der Waals surface area contributed by atoms with E-state index >= 15 is 0 Å². The second-order valence-corrected chi connectivity index (χ2v) is 13.5. The molecule has 7 rings (SSSR count). The van der Waals surface area contributed by atoms with E-state index in [0.717, 1.165) is 68.8 Å². The third-order valence-electron chi connectivity index (χ3n) is 11.7. The highest BCUT2D eigenvalue weighted by atomic mass is 16.5. The van der Waals surface area contributed by atoms with Crippen LogP contribution in [0.15, 0.2) is 60.3 Å². The van der Waals surface area contributed by atoms with Gasteiger partial charge in [-0.15, -0.1) is 0 Å². The van der Waals surface area contributed by atoms with Crippen molar-refractivity contribution in [3.63, 3.8) is 0 Å². The summed E-state index contributed by atoms with van der Waals surface area (Å²) in [6, 6.07) is 12.9. The fourth-order valence-corrected chi connectivity index (χ4v) is 9.46. The molecule has 0 amide bonds. The topological polar surface area (TPSA) is 48.8 Å². The Hall–Kier alpha value is -2.79. The van der Waals surface area contributed by atoms with Gasteiger partial charge in [0.15, 0.2) is 0 Å². The molecule has 212 valence electrons. The zero-order valence-electron chi connectivity index (χ0n) is 24.5. The van der Waals surface area contributed by atoms with E-state index in [1.807, 2.05) is 12.1 Å². The first-order valence-corrected chi connectivity index (χ1v) is 15.6. The predicted octanol–water partition coefficient (Wildman–Crippen LogP) is 6.73. The van der Waals surface area contributed by atoms with Gasteiger partial charge in [-0.05, 0) is 109 Å².